The summed E-state index contributed by atoms with van der Waals surface area (Å²) in [6.07, 6.45) is 0. The quantitative estimate of drug-likeness (QED) is 0.290. The van der Waals surface area contributed by atoms with Crippen LogP contribution < -0.4 is 0 Å². The molecule has 0 spiro atoms. The molecule has 0 nitrogen and oxygen atoms in total. The molecule has 0 N–H and O–H groups in total. The predicted octanol–water partition coefficient (Wildman–Crippen LogP) is 8.54. The van der Waals surface area contributed by atoms with Gasteiger partial charge in [0, 0.05) is 4.24 Å². The fraction of sp³-hybridized carbons (Fsp3) is 0. The third kappa shape index (κ3) is 21.0. The third-order valence-electron chi connectivity index (χ3n) is 1.33. The molecular weight excluding hydrogens is 425 g/mol. The summed E-state index contributed by atoms with van der Waals surface area (Å²) in [5, 5.41) is 23.9. The van der Waals surface area contributed by atoms with Crippen molar-refractivity contribution in [3.63, 3.8) is 0 Å². The minimum absolute atomic E-state index is 0.796. The fourth-order valence-electron chi connectivity index (χ4n) is 0.657. The highest BCUT2D eigenvalue weighted by atomic mass is 32.2. The van der Waals surface area contributed by atoms with Crippen LogP contribution in [0.2, 0.25) is 0 Å². The van der Waals surface area contributed by atoms with Gasteiger partial charge >= 0.3 is 0 Å². The molecule has 0 aliphatic rings. The van der Waals surface area contributed by atoms with Crippen LogP contribution in [0.1, 0.15) is 0 Å². The molecule has 0 heterocycles. The second-order valence-electron chi connectivity index (χ2n) is 2.84. The number of thioether (sulfide) groups is 6. The lowest BCUT2D eigenvalue weighted by atomic mass is 11.2. The van der Waals surface area contributed by atoms with E-state index in [-0.39, 0.29) is 0 Å². The highest BCUT2D eigenvalue weighted by Gasteiger charge is 1.79. The lowest BCUT2D eigenvalue weighted by Gasteiger charge is -1.87. The minimum atomic E-state index is 0.796. The van der Waals surface area contributed by atoms with Crippen LogP contribution in [0.25, 0.3) is 0 Å². The van der Waals surface area contributed by atoms with E-state index >= 15 is 0 Å². The highest BCUT2D eigenvalue weighted by molar-refractivity contribution is 8.18. The van der Waals surface area contributed by atoms with Gasteiger partial charge in [-0.2, -0.15) is 12.6 Å². The topological polar surface area (TPSA) is 0 Å². The first-order valence-corrected chi connectivity index (χ1v) is 12.2. The maximum atomic E-state index is 4.09. The van der Waals surface area contributed by atoms with E-state index < -0.39 is 0 Å². The summed E-state index contributed by atoms with van der Waals surface area (Å²) in [6.45, 7) is 3.68. The van der Waals surface area contributed by atoms with Crippen LogP contribution in [0.5, 0.6) is 0 Å². The van der Waals surface area contributed by atoms with Crippen LogP contribution in [-0.2, 0) is 0 Å². The Morgan fingerprint density at radius 1 is 0.591 bits per heavy atom. The molecule has 120 valence electrons. The molecule has 0 unspecified atom stereocenters. The molecule has 0 fully saturated rings. The van der Waals surface area contributed by atoms with E-state index in [1.165, 1.54) is 11.8 Å². The van der Waals surface area contributed by atoms with Gasteiger partial charge in [-0.25, -0.2) is 0 Å². The Morgan fingerprint density at radius 2 is 0.909 bits per heavy atom. The van der Waals surface area contributed by atoms with E-state index in [1.54, 1.807) is 64.2 Å². The highest BCUT2D eigenvalue weighted by Crippen LogP contribution is 2.21. The van der Waals surface area contributed by atoms with Crippen molar-refractivity contribution in [2.45, 2.75) is 0 Å². The summed E-state index contributed by atoms with van der Waals surface area (Å²) in [5.41, 5.74) is 0. The summed E-state index contributed by atoms with van der Waals surface area (Å²) in [5.74, 6) is 0. The Morgan fingerprint density at radius 3 is 1.23 bits per heavy atom. The minimum Gasteiger partial charge on any atom is -0.151 e. The number of hydrogen-bond acceptors (Lipinski definition) is 8. The van der Waals surface area contributed by atoms with Crippen molar-refractivity contribution >= 4 is 95.8 Å². The van der Waals surface area contributed by atoms with Gasteiger partial charge in [-0.15, -0.1) is 71.4 Å². The molecule has 0 aliphatic carbocycles. The van der Waals surface area contributed by atoms with E-state index in [9.17, 15) is 0 Å². The Kier molecular flexibility index (Phi) is 20.9. The molecule has 0 amide bonds. The molecule has 0 bridgehead atoms. The lowest BCUT2D eigenvalue weighted by molar-refractivity contribution is 2.43. The van der Waals surface area contributed by atoms with Crippen LogP contribution in [-0.4, -0.2) is 0 Å². The summed E-state index contributed by atoms with van der Waals surface area (Å²) < 4.78 is 0.796. The Balaban J connectivity index is 3.52. The average molecular weight is 441 g/mol. The molecule has 0 aromatic rings. The van der Waals surface area contributed by atoms with Crippen molar-refractivity contribution in [1.29, 1.82) is 0 Å². The maximum Gasteiger partial charge on any atom is 0.0341 e. The molecule has 8 heteroatoms. The SMILES string of the molecule is C=C(S)S/C=C\S/C=C\S/C=C\S/C=C\S/C=C\S/C=C\S. The molecule has 0 atom stereocenters. The maximum absolute atomic E-state index is 4.09. The Labute approximate surface area is 170 Å². The standard InChI is InChI=1S/C14H16S8/c1-14(16)22-13-12-21-11-10-20-9-8-19-7-6-18-5-4-17-3-2-15/h2-13,15-16H,1H2/b3-2-,5-4-,7-6-,9-8-,11-10-,13-12-. The van der Waals surface area contributed by atoms with Gasteiger partial charge in [0.25, 0.3) is 0 Å². The van der Waals surface area contributed by atoms with Gasteiger partial charge < -0.3 is 0 Å². The van der Waals surface area contributed by atoms with Gasteiger partial charge in [-0.3, -0.25) is 0 Å². The predicted molar refractivity (Wildman–Crippen MR) is 127 cm³/mol. The Hall–Kier alpha value is 0.980. The lowest BCUT2D eigenvalue weighted by Crippen LogP contribution is -1.49. The number of hydrogen-bond donors (Lipinski definition) is 2. The molecule has 0 rings (SSSR count). The summed E-state index contributed by atoms with van der Waals surface area (Å²) >= 11 is 17.7. The van der Waals surface area contributed by atoms with Gasteiger partial charge in [0.2, 0.25) is 0 Å². The van der Waals surface area contributed by atoms with Crippen molar-refractivity contribution in [1.82, 2.24) is 0 Å². The van der Waals surface area contributed by atoms with Crippen molar-refractivity contribution in [3.8, 4) is 0 Å². The monoisotopic (exact) mass is 440 g/mol. The third-order valence-corrected chi connectivity index (χ3v) is 6.33. The van der Waals surface area contributed by atoms with Crippen LogP contribution in [0.4, 0.5) is 0 Å². The molecule has 0 saturated heterocycles. The summed E-state index contributed by atoms with van der Waals surface area (Å²) in [7, 11) is 0. The van der Waals surface area contributed by atoms with E-state index in [4.69, 9.17) is 0 Å². The van der Waals surface area contributed by atoms with Gasteiger partial charge in [-0.1, -0.05) is 18.3 Å². The molecule has 0 saturated carbocycles. The van der Waals surface area contributed by atoms with Crippen LogP contribution >= 0.6 is 95.8 Å². The van der Waals surface area contributed by atoms with Crippen molar-refractivity contribution < 1.29 is 0 Å². The number of thiol groups is 2. The first-order valence-electron chi connectivity index (χ1n) is 5.63. The second kappa shape index (κ2) is 20.0. The zero-order valence-corrected chi connectivity index (χ0v) is 18.2. The number of rotatable bonds is 12. The van der Waals surface area contributed by atoms with Gasteiger partial charge in [0.1, 0.15) is 0 Å². The van der Waals surface area contributed by atoms with Crippen LogP contribution in [0.3, 0.4) is 0 Å². The molecular formula is C14H16S8. The van der Waals surface area contributed by atoms with Gasteiger partial charge in [0.15, 0.2) is 0 Å². The largest absolute Gasteiger partial charge is 0.151 e. The van der Waals surface area contributed by atoms with E-state index in [1.807, 2.05) is 54.1 Å². The van der Waals surface area contributed by atoms with Gasteiger partial charge in [-0.05, 0) is 64.9 Å². The van der Waals surface area contributed by atoms with Gasteiger partial charge in [0.05, 0.1) is 0 Å². The first kappa shape index (κ1) is 23.0. The van der Waals surface area contributed by atoms with Crippen molar-refractivity contribution in [2.75, 3.05) is 0 Å². The van der Waals surface area contributed by atoms with E-state index in [0.29, 0.717) is 0 Å². The van der Waals surface area contributed by atoms with Crippen LogP contribution in [0.15, 0.2) is 75.7 Å². The van der Waals surface area contributed by atoms with Crippen molar-refractivity contribution in [3.05, 3.63) is 75.7 Å². The molecule has 0 aromatic heterocycles. The zero-order chi connectivity index (χ0) is 16.3. The first-order chi connectivity index (χ1) is 10.8. The summed E-state index contributed by atoms with van der Waals surface area (Å²) in [4.78, 5) is 0. The fourth-order valence-corrected chi connectivity index (χ4v) is 4.26. The smallest absolute Gasteiger partial charge is 0.0341 e. The van der Waals surface area contributed by atoms with Crippen LogP contribution in [0, 0.1) is 0 Å². The van der Waals surface area contributed by atoms with E-state index in [2.05, 4.69) is 37.2 Å². The molecule has 0 aliphatic heterocycles. The van der Waals surface area contributed by atoms with E-state index in [0.717, 1.165) is 4.24 Å². The average Bonchev–Trinajstić information content (AvgIpc) is 2.50. The molecule has 22 heavy (non-hydrogen) atoms. The second-order valence-corrected chi connectivity index (χ2v) is 9.06. The molecule has 0 aromatic carbocycles. The van der Waals surface area contributed by atoms with Crippen molar-refractivity contribution in [2.24, 2.45) is 0 Å². The Bertz CT molecular complexity index is 446. The molecule has 0 radical (unpaired) electrons. The summed E-state index contributed by atoms with van der Waals surface area (Å²) in [6, 6.07) is 0. The zero-order valence-electron chi connectivity index (χ0n) is 11.5. The normalized spacial score (nSPS) is 13.2.